The molecule has 6 nitrogen and oxygen atoms in total. The number of imidazole rings is 1. The number of ether oxygens (including phenoxy) is 2. The van der Waals surface area contributed by atoms with Gasteiger partial charge in [-0.2, -0.15) is 0 Å². The number of carboxylic acids is 1. The summed E-state index contributed by atoms with van der Waals surface area (Å²) in [5.74, 6) is 0.0117. The molecule has 0 saturated heterocycles. The van der Waals surface area contributed by atoms with E-state index in [4.69, 9.17) is 9.47 Å². The van der Waals surface area contributed by atoms with Crippen LogP contribution in [0.2, 0.25) is 0 Å². The number of benzene rings is 2. The summed E-state index contributed by atoms with van der Waals surface area (Å²) in [6, 6.07) is 12.7. The molecule has 0 fully saturated rings. The number of aromatic carboxylic acids is 1. The topological polar surface area (TPSA) is 84.4 Å². The summed E-state index contributed by atoms with van der Waals surface area (Å²) >= 11 is 0. The number of halogens is 1. The molecular weight excluding hydrogens is 332 g/mol. The van der Waals surface area contributed by atoms with Crippen molar-refractivity contribution < 1.29 is 19.4 Å². The zero-order chi connectivity index (χ0) is 16.4. The van der Waals surface area contributed by atoms with E-state index in [-0.39, 0.29) is 18.0 Å². The molecule has 0 radical (unpaired) electrons. The van der Waals surface area contributed by atoms with Crippen molar-refractivity contribution in [2.24, 2.45) is 0 Å². The number of hydrogen-bond donors (Lipinski definition) is 2. The van der Waals surface area contributed by atoms with E-state index in [0.29, 0.717) is 22.6 Å². The van der Waals surface area contributed by atoms with Crippen LogP contribution in [0.4, 0.5) is 0 Å². The lowest BCUT2D eigenvalue weighted by Gasteiger charge is -2.12. The summed E-state index contributed by atoms with van der Waals surface area (Å²) in [6.45, 7) is 0. The smallest absolute Gasteiger partial charge is 0.337 e. The number of carboxylic acid groups (broad SMARTS) is 1. The maximum Gasteiger partial charge on any atom is 0.337 e. The second-order valence-corrected chi connectivity index (χ2v) is 4.99. The lowest BCUT2D eigenvalue weighted by molar-refractivity contribution is 0.0698. The average Bonchev–Trinajstić information content (AvgIpc) is 3.00. The van der Waals surface area contributed by atoms with Crippen LogP contribution in [0.15, 0.2) is 42.5 Å². The minimum Gasteiger partial charge on any atom is -0.494 e. The van der Waals surface area contributed by atoms with E-state index in [0.717, 1.165) is 5.56 Å². The predicted molar refractivity (Wildman–Crippen MR) is 92.1 cm³/mol. The zero-order valence-electron chi connectivity index (χ0n) is 13.1. The molecule has 0 spiro atoms. The third-order valence-electron chi connectivity index (χ3n) is 3.66. The Labute approximate surface area is 144 Å². The van der Waals surface area contributed by atoms with Crippen LogP contribution in [0.25, 0.3) is 11.0 Å². The van der Waals surface area contributed by atoms with Crippen molar-refractivity contribution in [3.8, 4) is 5.75 Å². The SMILES string of the molecule is COc1ccc(C(=O)O)c2[nH]c(C(OC)c3ccccc3)nc12.Cl. The number of fused-ring (bicyclic) bond motifs is 1. The quantitative estimate of drug-likeness (QED) is 0.738. The Balaban J connectivity index is 0.00000208. The van der Waals surface area contributed by atoms with Gasteiger partial charge < -0.3 is 19.6 Å². The van der Waals surface area contributed by atoms with Gasteiger partial charge in [-0.3, -0.25) is 0 Å². The Kier molecular flexibility index (Phi) is 5.43. The first kappa shape index (κ1) is 17.8. The monoisotopic (exact) mass is 348 g/mol. The van der Waals surface area contributed by atoms with Gasteiger partial charge >= 0.3 is 5.97 Å². The Morgan fingerprint density at radius 3 is 2.46 bits per heavy atom. The van der Waals surface area contributed by atoms with Gasteiger partial charge in [0, 0.05) is 7.11 Å². The third-order valence-corrected chi connectivity index (χ3v) is 3.66. The van der Waals surface area contributed by atoms with Crippen LogP contribution in [0, 0.1) is 0 Å². The van der Waals surface area contributed by atoms with Crippen molar-refractivity contribution in [1.82, 2.24) is 9.97 Å². The van der Waals surface area contributed by atoms with Crippen LogP contribution in [0.1, 0.15) is 27.8 Å². The highest BCUT2D eigenvalue weighted by Gasteiger charge is 2.21. The number of carbonyl (C=O) groups is 1. The number of methoxy groups -OCH3 is 2. The van der Waals surface area contributed by atoms with Crippen molar-refractivity contribution in [2.45, 2.75) is 6.10 Å². The van der Waals surface area contributed by atoms with Crippen molar-refractivity contribution in [3.63, 3.8) is 0 Å². The number of rotatable bonds is 5. The molecule has 24 heavy (non-hydrogen) atoms. The van der Waals surface area contributed by atoms with Crippen molar-refractivity contribution in [2.75, 3.05) is 14.2 Å². The Bertz CT molecular complexity index is 848. The molecule has 0 aliphatic heterocycles. The number of aromatic nitrogens is 2. The molecule has 0 bridgehead atoms. The molecule has 1 aromatic heterocycles. The highest BCUT2D eigenvalue weighted by molar-refractivity contribution is 6.02. The lowest BCUT2D eigenvalue weighted by atomic mass is 10.1. The summed E-state index contributed by atoms with van der Waals surface area (Å²) in [4.78, 5) is 19.0. The molecule has 126 valence electrons. The summed E-state index contributed by atoms with van der Waals surface area (Å²) in [7, 11) is 3.11. The fourth-order valence-corrected chi connectivity index (χ4v) is 2.59. The van der Waals surface area contributed by atoms with Gasteiger partial charge in [0.15, 0.2) is 0 Å². The first-order valence-corrected chi connectivity index (χ1v) is 7.03. The summed E-state index contributed by atoms with van der Waals surface area (Å²) in [5, 5.41) is 9.35. The molecule has 1 atom stereocenters. The second-order valence-electron chi connectivity index (χ2n) is 4.99. The summed E-state index contributed by atoms with van der Waals surface area (Å²) < 4.78 is 10.8. The Morgan fingerprint density at radius 1 is 1.17 bits per heavy atom. The van der Waals surface area contributed by atoms with Crippen molar-refractivity contribution in [1.29, 1.82) is 0 Å². The standard InChI is InChI=1S/C17H16N2O4.ClH/c1-22-12-9-8-11(17(20)21)13-14(12)19-16(18-13)15(23-2)10-6-4-3-5-7-10;/h3-9,15H,1-2H3,(H,18,19)(H,20,21);1H. The number of aromatic amines is 1. The maximum absolute atomic E-state index is 11.4. The van der Waals surface area contributed by atoms with Crippen molar-refractivity contribution >= 4 is 29.4 Å². The molecule has 7 heteroatoms. The van der Waals surface area contributed by atoms with Crippen LogP contribution in [0.5, 0.6) is 5.75 Å². The van der Waals surface area contributed by atoms with Gasteiger partial charge in [0.25, 0.3) is 0 Å². The van der Waals surface area contributed by atoms with Crippen molar-refractivity contribution in [3.05, 3.63) is 59.4 Å². The maximum atomic E-state index is 11.4. The highest BCUT2D eigenvalue weighted by Crippen LogP contribution is 2.31. The van der Waals surface area contributed by atoms with E-state index in [1.807, 2.05) is 30.3 Å². The van der Waals surface area contributed by atoms with E-state index in [9.17, 15) is 9.90 Å². The molecule has 3 aromatic rings. The molecule has 0 amide bonds. The first-order chi connectivity index (χ1) is 11.2. The van der Waals surface area contributed by atoms with Gasteiger partial charge in [-0.05, 0) is 17.7 Å². The minimum atomic E-state index is -1.03. The summed E-state index contributed by atoms with van der Waals surface area (Å²) in [5.41, 5.74) is 1.96. The molecule has 1 unspecified atom stereocenters. The molecule has 3 rings (SSSR count). The number of nitrogens with one attached hydrogen (secondary N) is 1. The number of H-pyrrole nitrogens is 1. The normalized spacial score (nSPS) is 11.8. The van der Waals surface area contributed by atoms with Crippen LogP contribution in [0.3, 0.4) is 0 Å². The zero-order valence-corrected chi connectivity index (χ0v) is 14.0. The molecular formula is C17H17ClN2O4. The van der Waals surface area contributed by atoms with E-state index < -0.39 is 12.1 Å². The van der Waals surface area contributed by atoms with Gasteiger partial charge in [-0.15, -0.1) is 12.4 Å². The van der Waals surface area contributed by atoms with Gasteiger partial charge in [-0.25, -0.2) is 9.78 Å². The fourth-order valence-electron chi connectivity index (χ4n) is 2.59. The fraction of sp³-hybridized carbons (Fsp3) is 0.176. The Morgan fingerprint density at radius 2 is 1.88 bits per heavy atom. The van der Waals surface area contributed by atoms with Gasteiger partial charge in [0.1, 0.15) is 23.2 Å². The first-order valence-electron chi connectivity index (χ1n) is 7.03. The van der Waals surface area contributed by atoms with Crippen LogP contribution < -0.4 is 4.74 Å². The molecule has 1 heterocycles. The van der Waals surface area contributed by atoms with Crippen LogP contribution in [-0.2, 0) is 4.74 Å². The number of hydrogen-bond acceptors (Lipinski definition) is 4. The van der Waals surface area contributed by atoms with Gasteiger partial charge in [-0.1, -0.05) is 30.3 Å². The molecule has 2 aromatic carbocycles. The van der Waals surface area contributed by atoms with Crippen LogP contribution in [-0.4, -0.2) is 35.3 Å². The Hall–Kier alpha value is -2.57. The van der Waals surface area contributed by atoms with Crippen LogP contribution >= 0.6 is 12.4 Å². The van der Waals surface area contributed by atoms with Gasteiger partial charge in [0.05, 0.1) is 18.2 Å². The summed E-state index contributed by atoms with van der Waals surface area (Å²) in [6.07, 6.45) is -0.421. The lowest BCUT2D eigenvalue weighted by Crippen LogP contribution is -2.05. The molecule has 0 aliphatic rings. The largest absolute Gasteiger partial charge is 0.494 e. The predicted octanol–water partition coefficient (Wildman–Crippen LogP) is 3.43. The molecule has 2 N–H and O–H groups in total. The molecule has 0 aliphatic carbocycles. The highest BCUT2D eigenvalue weighted by atomic mass is 35.5. The van der Waals surface area contributed by atoms with E-state index in [1.165, 1.54) is 13.2 Å². The van der Waals surface area contributed by atoms with E-state index >= 15 is 0 Å². The van der Waals surface area contributed by atoms with E-state index in [1.54, 1.807) is 13.2 Å². The number of nitrogens with zero attached hydrogens (tertiary/aromatic N) is 1. The van der Waals surface area contributed by atoms with E-state index in [2.05, 4.69) is 9.97 Å². The minimum absolute atomic E-state index is 0. The second kappa shape index (κ2) is 7.33. The third kappa shape index (κ3) is 3.06. The average molecular weight is 349 g/mol. The molecule has 0 saturated carbocycles. The van der Waals surface area contributed by atoms with Gasteiger partial charge in [0.2, 0.25) is 0 Å².